The molecule has 22 heavy (non-hydrogen) atoms. The van der Waals surface area contributed by atoms with Gasteiger partial charge < -0.3 is 4.74 Å². The number of hydrogen-bond acceptors (Lipinski definition) is 5. The van der Waals surface area contributed by atoms with Gasteiger partial charge in [0.25, 0.3) is 0 Å². The molecule has 2 rings (SSSR count). The van der Waals surface area contributed by atoms with E-state index in [1.54, 1.807) is 6.08 Å². The lowest BCUT2D eigenvalue weighted by molar-refractivity contribution is -0.148. The minimum atomic E-state index is -0.480. The van der Waals surface area contributed by atoms with Crippen molar-refractivity contribution in [3.05, 3.63) is 39.3 Å². The van der Waals surface area contributed by atoms with E-state index in [4.69, 9.17) is 4.74 Å². The number of aryl methyl sites for hydroxylation is 1. The lowest BCUT2D eigenvalue weighted by atomic mass is 10.1. The highest BCUT2D eigenvalue weighted by Crippen LogP contribution is 2.29. The highest BCUT2D eigenvalue weighted by molar-refractivity contribution is 9.11. The number of nitrogens with zero attached hydrogens (tertiary/aromatic N) is 2. The van der Waals surface area contributed by atoms with Gasteiger partial charge in [-0.1, -0.05) is 29.5 Å². The molecule has 0 radical (unpaired) electrons. The van der Waals surface area contributed by atoms with Crippen LogP contribution in [0, 0.1) is 6.92 Å². The van der Waals surface area contributed by atoms with Gasteiger partial charge in [0, 0.05) is 11.6 Å². The van der Waals surface area contributed by atoms with E-state index in [9.17, 15) is 4.79 Å². The maximum atomic E-state index is 11.7. The van der Waals surface area contributed by atoms with E-state index < -0.39 is 5.60 Å². The Kier molecular flexibility index (Phi) is 5.13. The Labute approximate surface area is 142 Å². The Morgan fingerprint density at radius 2 is 2.05 bits per heavy atom. The number of carbonyl (C=O) groups is 1. The minimum absolute atomic E-state index is 0.345. The van der Waals surface area contributed by atoms with Crippen LogP contribution in [0.3, 0.4) is 0 Å². The molecule has 1 aromatic heterocycles. The van der Waals surface area contributed by atoms with Crippen LogP contribution in [0.5, 0.6) is 0 Å². The monoisotopic (exact) mass is 380 g/mol. The van der Waals surface area contributed by atoms with Crippen molar-refractivity contribution in [1.82, 2.24) is 10.2 Å². The third-order valence-electron chi connectivity index (χ3n) is 2.70. The number of carbonyl (C=O) groups excluding carboxylic acids is 1. The van der Waals surface area contributed by atoms with Crippen LogP contribution in [0.1, 0.15) is 31.9 Å². The van der Waals surface area contributed by atoms with Crippen LogP contribution in [0.4, 0.5) is 0 Å². The summed E-state index contributed by atoms with van der Waals surface area (Å²) < 4.78 is 6.00. The standard InChI is InChI=1S/C16H17BrN2O2S/c1-10-9-11(6-8-13(20)21-16(2,3)4)5-7-12(10)14-18-19-15(17)22-14/h5-9H,1-4H3/b8-6+. The Hall–Kier alpha value is -1.53. The Balaban J connectivity index is 2.14. The summed E-state index contributed by atoms with van der Waals surface area (Å²) in [5.41, 5.74) is 2.58. The number of rotatable bonds is 3. The van der Waals surface area contributed by atoms with Crippen LogP contribution in [0.25, 0.3) is 16.6 Å². The Bertz CT molecular complexity index is 717. The van der Waals surface area contributed by atoms with Crippen LogP contribution < -0.4 is 0 Å². The number of benzene rings is 1. The first-order chi connectivity index (χ1) is 10.2. The summed E-state index contributed by atoms with van der Waals surface area (Å²) in [6, 6.07) is 5.93. The molecule has 0 spiro atoms. The third-order valence-corrected chi connectivity index (χ3v) is 4.09. The molecule has 0 saturated carbocycles. The van der Waals surface area contributed by atoms with Gasteiger partial charge in [0.15, 0.2) is 3.92 Å². The van der Waals surface area contributed by atoms with Gasteiger partial charge in [-0.3, -0.25) is 0 Å². The molecule has 4 nitrogen and oxygen atoms in total. The van der Waals surface area contributed by atoms with Gasteiger partial charge in [0.1, 0.15) is 10.6 Å². The minimum Gasteiger partial charge on any atom is -0.457 e. The average molecular weight is 381 g/mol. The van der Waals surface area contributed by atoms with E-state index in [0.717, 1.165) is 25.6 Å². The molecule has 0 amide bonds. The fraction of sp³-hybridized carbons (Fsp3) is 0.312. The van der Waals surface area contributed by atoms with Gasteiger partial charge in [-0.25, -0.2) is 4.79 Å². The number of halogens is 1. The maximum Gasteiger partial charge on any atom is 0.331 e. The fourth-order valence-electron chi connectivity index (χ4n) is 1.84. The molecule has 116 valence electrons. The predicted octanol–water partition coefficient (Wildman–Crippen LogP) is 4.63. The van der Waals surface area contributed by atoms with E-state index in [2.05, 4.69) is 26.1 Å². The zero-order chi connectivity index (χ0) is 16.3. The van der Waals surface area contributed by atoms with Crippen LogP contribution >= 0.6 is 27.3 Å². The second kappa shape index (κ2) is 6.71. The van der Waals surface area contributed by atoms with E-state index in [0.29, 0.717) is 0 Å². The summed E-state index contributed by atoms with van der Waals surface area (Å²) in [7, 11) is 0. The van der Waals surface area contributed by atoms with E-state index >= 15 is 0 Å². The first-order valence-electron chi connectivity index (χ1n) is 6.76. The van der Waals surface area contributed by atoms with Gasteiger partial charge in [-0.15, -0.1) is 10.2 Å². The summed E-state index contributed by atoms with van der Waals surface area (Å²) >= 11 is 4.80. The molecule has 0 saturated heterocycles. The largest absolute Gasteiger partial charge is 0.457 e. The zero-order valence-corrected chi connectivity index (χ0v) is 15.3. The fourth-order valence-corrected chi connectivity index (χ4v) is 3.05. The van der Waals surface area contributed by atoms with Crippen molar-refractivity contribution in [2.45, 2.75) is 33.3 Å². The summed E-state index contributed by atoms with van der Waals surface area (Å²) in [5.74, 6) is -0.345. The number of esters is 1. The molecule has 0 aliphatic carbocycles. The van der Waals surface area contributed by atoms with Crippen LogP contribution in [0.2, 0.25) is 0 Å². The molecule has 6 heteroatoms. The topological polar surface area (TPSA) is 52.1 Å². The van der Waals surface area contributed by atoms with Crippen LogP contribution in [-0.2, 0) is 9.53 Å². The maximum absolute atomic E-state index is 11.7. The first-order valence-corrected chi connectivity index (χ1v) is 8.37. The van der Waals surface area contributed by atoms with Crippen molar-refractivity contribution in [2.75, 3.05) is 0 Å². The van der Waals surface area contributed by atoms with Gasteiger partial charge in [0.2, 0.25) is 0 Å². The van der Waals surface area contributed by atoms with Crippen LogP contribution in [0.15, 0.2) is 28.2 Å². The Morgan fingerprint density at radius 3 is 2.59 bits per heavy atom. The molecule has 0 aliphatic heterocycles. The van der Waals surface area contributed by atoms with Crippen LogP contribution in [-0.4, -0.2) is 21.8 Å². The SMILES string of the molecule is Cc1cc(/C=C/C(=O)OC(C)(C)C)ccc1-c1nnc(Br)s1. The molecule has 0 atom stereocenters. The van der Waals surface area contributed by atoms with Crippen molar-refractivity contribution in [3.8, 4) is 10.6 Å². The molecule has 0 unspecified atom stereocenters. The predicted molar refractivity (Wildman–Crippen MR) is 92.7 cm³/mol. The van der Waals surface area contributed by atoms with Crippen molar-refractivity contribution >= 4 is 39.3 Å². The molecular formula is C16H17BrN2O2S. The van der Waals surface area contributed by atoms with Gasteiger partial charge in [-0.05, 0) is 60.8 Å². The number of hydrogen-bond donors (Lipinski definition) is 0. The molecule has 0 fully saturated rings. The quantitative estimate of drug-likeness (QED) is 0.575. The molecule has 0 aliphatic rings. The second-order valence-corrected chi connectivity index (χ2v) is 8.05. The first kappa shape index (κ1) is 16.8. The van der Waals surface area contributed by atoms with Gasteiger partial charge in [-0.2, -0.15) is 0 Å². The summed E-state index contributed by atoms with van der Waals surface area (Å²) in [6.45, 7) is 7.54. The number of aromatic nitrogens is 2. The highest BCUT2D eigenvalue weighted by Gasteiger charge is 2.14. The lowest BCUT2D eigenvalue weighted by Crippen LogP contribution is -2.22. The van der Waals surface area contributed by atoms with E-state index in [-0.39, 0.29) is 5.97 Å². The van der Waals surface area contributed by atoms with Crippen molar-refractivity contribution in [1.29, 1.82) is 0 Å². The molecule has 1 aromatic carbocycles. The Morgan fingerprint density at radius 1 is 1.32 bits per heavy atom. The molecule has 0 bridgehead atoms. The summed E-state index contributed by atoms with van der Waals surface area (Å²) in [4.78, 5) is 11.7. The zero-order valence-electron chi connectivity index (χ0n) is 12.9. The van der Waals surface area contributed by atoms with Gasteiger partial charge in [0.05, 0.1) is 0 Å². The van der Waals surface area contributed by atoms with Crippen molar-refractivity contribution in [2.24, 2.45) is 0 Å². The third kappa shape index (κ3) is 4.74. The molecule has 1 heterocycles. The van der Waals surface area contributed by atoms with Gasteiger partial charge >= 0.3 is 5.97 Å². The van der Waals surface area contributed by atoms with Crippen molar-refractivity contribution < 1.29 is 9.53 Å². The molecule has 2 aromatic rings. The summed E-state index contributed by atoms with van der Waals surface area (Å²) in [6.07, 6.45) is 3.20. The average Bonchev–Trinajstić information content (AvgIpc) is 2.81. The number of ether oxygens (including phenoxy) is 1. The second-order valence-electron chi connectivity index (χ2n) is 5.80. The normalized spacial score (nSPS) is 11.9. The highest BCUT2D eigenvalue weighted by atomic mass is 79.9. The smallest absolute Gasteiger partial charge is 0.331 e. The molecular weight excluding hydrogens is 364 g/mol. The van der Waals surface area contributed by atoms with Crippen molar-refractivity contribution in [3.63, 3.8) is 0 Å². The van der Waals surface area contributed by atoms with E-state index in [1.807, 2.05) is 45.9 Å². The molecule has 0 N–H and O–H groups in total. The van der Waals surface area contributed by atoms with E-state index in [1.165, 1.54) is 17.4 Å². The lowest BCUT2D eigenvalue weighted by Gasteiger charge is -2.17. The summed E-state index contributed by atoms with van der Waals surface area (Å²) in [5, 5.41) is 8.95.